The summed E-state index contributed by atoms with van der Waals surface area (Å²) >= 11 is 0. The van der Waals surface area contributed by atoms with Crippen molar-refractivity contribution in [3.05, 3.63) is 52.4 Å². The fourth-order valence-electron chi connectivity index (χ4n) is 1.92. The second kappa shape index (κ2) is 6.13. The maximum absolute atomic E-state index is 12.0. The van der Waals surface area contributed by atoms with Crippen molar-refractivity contribution >= 4 is 17.3 Å². The van der Waals surface area contributed by atoms with Gasteiger partial charge in [-0.05, 0) is 36.8 Å². The van der Waals surface area contributed by atoms with Gasteiger partial charge in [0.1, 0.15) is 12.3 Å². The molecule has 1 heterocycles. The van der Waals surface area contributed by atoms with Gasteiger partial charge in [0.05, 0.1) is 7.11 Å². The average molecular weight is 287 g/mol. The summed E-state index contributed by atoms with van der Waals surface area (Å²) in [6.07, 6.45) is 1.45. The molecular formula is C15H17N3O3. The van der Waals surface area contributed by atoms with Gasteiger partial charge in [-0.2, -0.15) is 0 Å². The average Bonchev–Trinajstić information content (AvgIpc) is 2.45. The van der Waals surface area contributed by atoms with Gasteiger partial charge >= 0.3 is 0 Å². The fourth-order valence-corrected chi connectivity index (χ4v) is 1.92. The van der Waals surface area contributed by atoms with Crippen LogP contribution in [0, 0.1) is 6.92 Å². The molecule has 21 heavy (non-hydrogen) atoms. The van der Waals surface area contributed by atoms with Gasteiger partial charge < -0.3 is 20.4 Å². The summed E-state index contributed by atoms with van der Waals surface area (Å²) in [5, 5.41) is 2.76. The second-order valence-corrected chi connectivity index (χ2v) is 4.66. The molecule has 0 atom stereocenters. The van der Waals surface area contributed by atoms with E-state index in [1.54, 1.807) is 19.2 Å². The Balaban J connectivity index is 2.11. The molecule has 1 aromatic carbocycles. The van der Waals surface area contributed by atoms with Crippen LogP contribution in [0.3, 0.4) is 0 Å². The minimum Gasteiger partial charge on any atom is -0.497 e. The van der Waals surface area contributed by atoms with Crippen LogP contribution in [0.1, 0.15) is 5.56 Å². The SMILES string of the molecule is COc1ccc(NC(=O)Cn2cc(N)ccc2=O)c(C)c1. The lowest BCUT2D eigenvalue weighted by Gasteiger charge is -2.11. The van der Waals surface area contributed by atoms with Crippen molar-refractivity contribution in [2.45, 2.75) is 13.5 Å². The first-order valence-corrected chi connectivity index (χ1v) is 6.40. The summed E-state index contributed by atoms with van der Waals surface area (Å²) in [6.45, 7) is 1.78. The Morgan fingerprint density at radius 1 is 1.33 bits per heavy atom. The maximum atomic E-state index is 12.0. The predicted octanol–water partition coefficient (Wildman–Crippen LogP) is 1.39. The minimum absolute atomic E-state index is 0.0880. The summed E-state index contributed by atoms with van der Waals surface area (Å²) in [6, 6.07) is 8.18. The molecule has 0 aliphatic heterocycles. The Bertz CT molecular complexity index is 722. The Morgan fingerprint density at radius 3 is 2.76 bits per heavy atom. The molecule has 0 fully saturated rings. The molecule has 0 spiro atoms. The lowest BCUT2D eigenvalue weighted by Crippen LogP contribution is -2.27. The third kappa shape index (κ3) is 3.62. The Labute approximate surface area is 122 Å². The van der Waals surface area contributed by atoms with Crippen molar-refractivity contribution in [2.24, 2.45) is 0 Å². The summed E-state index contributed by atoms with van der Waals surface area (Å²) in [7, 11) is 1.58. The van der Waals surface area contributed by atoms with Gasteiger partial charge in [-0.25, -0.2) is 0 Å². The van der Waals surface area contributed by atoms with Crippen molar-refractivity contribution in [3.63, 3.8) is 0 Å². The molecule has 6 heteroatoms. The van der Waals surface area contributed by atoms with E-state index in [9.17, 15) is 9.59 Å². The topological polar surface area (TPSA) is 86.3 Å². The highest BCUT2D eigenvalue weighted by atomic mass is 16.5. The molecule has 0 aliphatic rings. The Morgan fingerprint density at radius 2 is 2.10 bits per heavy atom. The Hall–Kier alpha value is -2.76. The fraction of sp³-hybridized carbons (Fsp3) is 0.200. The number of amides is 1. The number of rotatable bonds is 4. The highest BCUT2D eigenvalue weighted by molar-refractivity contribution is 5.91. The van der Waals surface area contributed by atoms with E-state index < -0.39 is 0 Å². The largest absolute Gasteiger partial charge is 0.497 e. The number of nitrogen functional groups attached to an aromatic ring is 1. The summed E-state index contributed by atoms with van der Waals surface area (Å²) in [5.74, 6) is 0.425. The van der Waals surface area contributed by atoms with Crippen molar-refractivity contribution < 1.29 is 9.53 Å². The Kier molecular flexibility index (Phi) is 4.27. The number of hydrogen-bond acceptors (Lipinski definition) is 4. The molecule has 0 aliphatic carbocycles. The van der Waals surface area contributed by atoms with E-state index in [2.05, 4.69) is 5.32 Å². The van der Waals surface area contributed by atoms with Crippen molar-refractivity contribution in [2.75, 3.05) is 18.2 Å². The normalized spacial score (nSPS) is 10.2. The molecule has 2 rings (SSSR count). The van der Waals surface area contributed by atoms with E-state index in [1.165, 1.54) is 22.9 Å². The molecule has 0 radical (unpaired) electrons. The first-order chi connectivity index (χ1) is 9.99. The summed E-state index contributed by atoms with van der Waals surface area (Å²) < 4.78 is 6.37. The summed E-state index contributed by atoms with van der Waals surface area (Å²) in [5.41, 5.74) is 7.32. The van der Waals surface area contributed by atoms with Gasteiger partial charge in [0.15, 0.2) is 0 Å². The number of carbonyl (C=O) groups excluding carboxylic acids is 1. The number of carbonyl (C=O) groups is 1. The van der Waals surface area contributed by atoms with Gasteiger partial charge in [0, 0.05) is 23.6 Å². The highest BCUT2D eigenvalue weighted by Crippen LogP contribution is 2.20. The van der Waals surface area contributed by atoms with Crippen LogP contribution in [0.15, 0.2) is 41.3 Å². The third-order valence-electron chi connectivity index (χ3n) is 3.03. The molecule has 6 nitrogen and oxygen atoms in total. The quantitative estimate of drug-likeness (QED) is 0.889. The molecule has 110 valence electrons. The standard InChI is InChI=1S/C15H17N3O3/c1-10-7-12(21-2)4-5-13(10)17-14(19)9-18-8-11(16)3-6-15(18)20/h3-8H,9,16H2,1-2H3,(H,17,19). The van der Waals surface area contributed by atoms with Crippen molar-refractivity contribution in [1.82, 2.24) is 4.57 Å². The molecule has 1 amide bonds. The first-order valence-electron chi connectivity index (χ1n) is 6.40. The van der Waals surface area contributed by atoms with Gasteiger partial charge in [-0.3, -0.25) is 9.59 Å². The monoisotopic (exact) mass is 287 g/mol. The number of nitrogens with one attached hydrogen (secondary N) is 1. The number of aryl methyl sites for hydroxylation is 1. The number of aromatic nitrogens is 1. The van der Waals surface area contributed by atoms with E-state index in [0.717, 1.165) is 11.3 Å². The van der Waals surface area contributed by atoms with Crippen LogP contribution in [0.2, 0.25) is 0 Å². The zero-order valence-electron chi connectivity index (χ0n) is 11.9. The van der Waals surface area contributed by atoms with E-state index in [-0.39, 0.29) is 18.0 Å². The molecule has 0 saturated heterocycles. The number of anilines is 2. The third-order valence-corrected chi connectivity index (χ3v) is 3.03. The van der Waals surface area contributed by atoms with Crippen molar-refractivity contribution in [3.8, 4) is 5.75 Å². The molecule has 1 aromatic heterocycles. The van der Waals surface area contributed by atoms with Gasteiger partial charge in [0.25, 0.3) is 5.56 Å². The lowest BCUT2D eigenvalue weighted by molar-refractivity contribution is -0.116. The van der Waals surface area contributed by atoms with Gasteiger partial charge in [-0.1, -0.05) is 0 Å². The molecule has 3 N–H and O–H groups in total. The minimum atomic E-state index is -0.295. The van der Waals surface area contributed by atoms with Gasteiger partial charge in [-0.15, -0.1) is 0 Å². The van der Waals surface area contributed by atoms with Crippen LogP contribution >= 0.6 is 0 Å². The number of pyridine rings is 1. The molecule has 0 bridgehead atoms. The molecule has 0 saturated carbocycles. The number of methoxy groups -OCH3 is 1. The first kappa shape index (κ1) is 14.6. The van der Waals surface area contributed by atoms with E-state index in [0.29, 0.717) is 11.4 Å². The van der Waals surface area contributed by atoms with Crippen LogP contribution in [0.4, 0.5) is 11.4 Å². The van der Waals surface area contributed by atoms with Crippen LogP contribution in [0.5, 0.6) is 5.75 Å². The zero-order valence-corrected chi connectivity index (χ0v) is 11.9. The number of nitrogens with zero attached hydrogens (tertiary/aromatic N) is 1. The van der Waals surface area contributed by atoms with E-state index in [4.69, 9.17) is 10.5 Å². The highest BCUT2D eigenvalue weighted by Gasteiger charge is 2.07. The molecule has 2 aromatic rings. The van der Waals surface area contributed by atoms with Crippen molar-refractivity contribution in [1.29, 1.82) is 0 Å². The summed E-state index contributed by atoms with van der Waals surface area (Å²) in [4.78, 5) is 23.6. The van der Waals surface area contributed by atoms with Crippen LogP contribution in [-0.4, -0.2) is 17.6 Å². The molecular weight excluding hydrogens is 270 g/mol. The number of hydrogen-bond donors (Lipinski definition) is 2. The predicted molar refractivity (Wildman–Crippen MR) is 81.5 cm³/mol. The number of benzene rings is 1. The van der Waals surface area contributed by atoms with E-state index in [1.807, 2.05) is 13.0 Å². The van der Waals surface area contributed by atoms with Crippen LogP contribution in [-0.2, 0) is 11.3 Å². The van der Waals surface area contributed by atoms with E-state index >= 15 is 0 Å². The second-order valence-electron chi connectivity index (χ2n) is 4.66. The smallest absolute Gasteiger partial charge is 0.251 e. The lowest BCUT2D eigenvalue weighted by atomic mass is 10.2. The number of ether oxygens (including phenoxy) is 1. The van der Waals surface area contributed by atoms with Crippen LogP contribution in [0.25, 0.3) is 0 Å². The molecule has 0 unspecified atom stereocenters. The maximum Gasteiger partial charge on any atom is 0.251 e. The van der Waals surface area contributed by atoms with Crippen LogP contribution < -0.4 is 21.3 Å². The van der Waals surface area contributed by atoms with Gasteiger partial charge in [0.2, 0.25) is 5.91 Å². The zero-order chi connectivity index (χ0) is 15.4. The number of nitrogens with two attached hydrogens (primary N) is 1.